The predicted molar refractivity (Wildman–Crippen MR) is 60.4 cm³/mol. The molecule has 1 aliphatic heterocycles. The van der Waals surface area contributed by atoms with Crippen LogP contribution in [-0.4, -0.2) is 47.2 Å². The molecule has 1 N–H and O–H groups in total. The molecular formula is C9H18N2O4S. The highest BCUT2D eigenvalue weighted by Gasteiger charge is 2.27. The van der Waals surface area contributed by atoms with E-state index in [2.05, 4.69) is 25.0 Å². The van der Waals surface area contributed by atoms with Gasteiger partial charge in [-0.1, -0.05) is 5.18 Å². The van der Waals surface area contributed by atoms with Crippen molar-refractivity contribution in [2.24, 2.45) is 5.18 Å². The number of likely N-dealkylation sites (tertiary alicyclic amines) is 1. The molecular weight excluding hydrogens is 232 g/mol. The Morgan fingerprint density at radius 1 is 1.56 bits per heavy atom. The van der Waals surface area contributed by atoms with Crippen molar-refractivity contribution < 1.29 is 18.9 Å². The molecule has 0 amide bonds. The summed E-state index contributed by atoms with van der Waals surface area (Å²) < 4.78 is 0.742. The van der Waals surface area contributed by atoms with Gasteiger partial charge in [-0.15, -0.1) is 0 Å². The van der Waals surface area contributed by atoms with Gasteiger partial charge in [0.1, 0.15) is 6.04 Å². The summed E-state index contributed by atoms with van der Waals surface area (Å²) >= 11 is 4.39. The number of nitroso groups, excluding NO2 is 1. The molecule has 0 bridgehead atoms. The normalized spacial score (nSPS) is 30.9. The first kappa shape index (κ1) is 15.3. The number of thiol groups is 1. The fraction of sp³-hybridized carbons (Fsp3) is 0.889. The van der Waals surface area contributed by atoms with E-state index < -0.39 is 12.1 Å². The maximum atomic E-state index is 10.1. The second-order valence-corrected chi connectivity index (χ2v) is 5.08. The van der Waals surface area contributed by atoms with Crippen LogP contribution in [0.3, 0.4) is 0 Å². The highest BCUT2D eigenvalue weighted by Crippen LogP contribution is 2.20. The lowest BCUT2D eigenvalue weighted by atomic mass is 10.1. The first-order valence-corrected chi connectivity index (χ1v) is 5.47. The van der Waals surface area contributed by atoms with E-state index in [4.69, 9.17) is 5.11 Å². The van der Waals surface area contributed by atoms with Crippen LogP contribution in [0, 0.1) is 4.91 Å². The first-order valence-electron chi connectivity index (χ1n) is 5.07. The van der Waals surface area contributed by atoms with E-state index in [0.29, 0.717) is 0 Å². The summed E-state index contributed by atoms with van der Waals surface area (Å²) in [4.78, 5) is 19.4. The van der Waals surface area contributed by atoms with Crippen LogP contribution in [0.25, 0.3) is 0 Å². The molecule has 0 saturated carbocycles. The van der Waals surface area contributed by atoms with Gasteiger partial charge in [0, 0.05) is 12.8 Å². The molecule has 0 aliphatic carbocycles. The number of hydrogen-bond acceptors (Lipinski definition) is 6. The molecule has 1 aliphatic rings. The van der Waals surface area contributed by atoms with Crippen molar-refractivity contribution in [3.63, 3.8) is 0 Å². The molecule has 16 heavy (non-hydrogen) atoms. The number of carboxylic acids is 1. The number of hydrogen-bond donors (Lipinski definition) is 2. The van der Waals surface area contributed by atoms with Gasteiger partial charge >= 0.3 is 0 Å². The van der Waals surface area contributed by atoms with Gasteiger partial charge in [-0.2, -0.15) is 4.91 Å². The molecule has 1 saturated heterocycles. The summed E-state index contributed by atoms with van der Waals surface area (Å²) in [6.07, 6.45) is 0.442. The minimum Gasteiger partial charge on any atom is -0.547 e. The number of carbonyl (C=O) groups excluding carboxylic acids is 1. The van der Waals surface area contributed by atoms with Crippen molar-refractivity contribution >= 4 is 18.8 Å². The number of carboxylic acid groups (broad SMARTS) is 1. The first-order chi connectivity index (χ1) is 7.28. The Hall–Kier alpha value is -0.660. The number of rotatable bonds is 2. The lowest BCUT2D eigenvalue weighted by molar-refractivity contribution is -0.776. The average Bonchev–Trinajstić information content (AvgIpc) is 2.18. The molecule has 0 spiro atoms. The Morgan fingerprint density at radius 3 is 2.19 bits per heavy atom. The predicted octanol–water partition coefficient (Wildman–Crippen LogP) is -0.676. The second-order valence-electron chi connectivity index (χ2n) is 4.12. The van der Waals surface area contributed by atoms with Crippen molar-refractivity contribution in [3.8, 4) is 0 Å². The molecule has 1 fully saturated rings. The fourth-order valence-corrected chi connectivity index (χ4v) is 1.45. The van der Waals surface area contributed by atoms with Gasteiger partial charge < -0.3 is 15.0 Å². The van der Waals surface area contributed by atoms with Gasteiger partial charge in [-0.05, 0) is 6.92 Å². The van der Waals surface area contributed by atoms with E-state index in [1.807, 2.05) is 0 Å². The van der Waals surface area contributed by atoms with Gasteiger partial charge in [-0.3, -0.25) is 3.89 Å². The van der Waals surface area contributed by atoms with Crippen LogP contribution in [0.1, 0.15) is 19.8 Å². The van der Waals surface area contributed by atoms with Crippen LogP contribution in [0.15, 0.2) is 5.18 Å². The van der Waals surface area contributed by atoms with Gasteiger partial charge in [0.25, 0.3) is 0 Å². The van der Waals surface area contributed by atoms with Crippen molar-refractivity contribution in [1.29, 1.82) is 0 Å². The van der Waals surface area contributed by atoms with E-state index in [-0.39, 0.29) is 6.04 Å². The second kappa shape index (κ2) is 6.82. The highest BCUT2D eigenvalue weighted by atomic mass is 32.1. The molecule has 1 atom stereocenters. The number of aliphatic hydroxyl groups excluding tert-OH is 1. The number of nitrogens with zero attached hydrogens (tertiary/aromatic N) is 2. The Morgan fingerprint density at radius 2 is 1.94 bits per heavy atom. The zero-order valence-corrected chi connectivity index (χ0v) is 10.4. The number of aliphatic carboxylic acids is 1. The molecule has 1 unspecified atom stereocenters. The quantitative estimate of drug-likeness (QED) is 0.386. The maximum Gasteiger partial charge on any atom is 0.103 e. The molecule has 0 aromatic carbocycles. The molecule has 0 aromatic heterocycles. The smallest absolute Gasteiger partial charge is 0.103 e. The summed E-state index contributed by atoms with van der Waals surface area (Å²) in [5.74, 6) is -1.44. The Kier molecular flexibility index (Phi) is 6.54. The van der Waals surface area contributed by atoms with E-state index >= 15 is 0 Å². The van der Waals surface area contributed by atoms with E-state index in [1.54, 1.807) is 0 Å². The Balaban J connectivity index is 0.000000325. The van der Waals surface area contributed by atoms with Crippen LogP contribution in [0.5, 0.6) is 0 Å². The number of piperidine rings is 1. The molecule has 6 nitrogen and oxygen atoms in total. The fourth-order valence-electron chi connectivity index (χ4n) is 1.22. The molecule has 0 aromatic rings. The summed E-state index contributed by atoms with van der Waals surface area (Å²) in [5, 5.41) is 20.3. The summed E-state index contributed by atoms with van der Waals surface area (Å²) in [6.45, 7) is 3.05. The Bertz CT molecular complexity index is 236. The summed E-state index contributed by atoms with van der Waals surface area (Å²) in [5.41, 5.74) is 0. The topological polar surface area (TPSA) is 89.8 Å². The van der Waals surface area contributed by atoms with Crippen molar-refractivity contribution in [2.45, 2.75) is 31.9 Å². The van der Waals surface area contributed by atoms with E-state index in [1.165, 1.54) is 0 Å². The minimum atomic E-state index is -1.44. The SMILES string of the molecule is CC(O)C(=O)[O-].C[N+]1(S)CCC(N=O)CC1. The molecule has 7 heteroatoms. The van der Waals surface area contributed by atoms with Crippen LogP contribution < -0.4 is 5.11 Å². The molecule has 94 valence electrons. The van der Waals surface area contributed by atoms with E-state index in [9.17, 15) is 14.8 Å². The summed E-state index contributed by atoms with van der Waals surface area (Å²) in [6, 6.07) is 0.0540. The van der Waals surface area contributed by atoms with Gasteiger partial charge in [0.15, 0.2) is 0 Å². The third-order valence-electron chi connectivity index (χ3n) is 2.38. The third-order valence-corrected chi connectivity index (χ3v) is 2.78. The van der Waals surface area contributed by atoms with E-state index in [0.717, 1.165) is 36.7 Å². The Labute approximate surface area is 100 Å². The number of aliphatic hydroxyl groups is 1. The van der Waals surface area contributed by atoms with Crippen LogP contribution in [0.2, 0.25) is 0 Å². The molecule has 1 heterocycles. The monoisotopic (exact) mass is 250 g/mol. The zero-order chi connectivity index (χ0) is 12.8. The van der Waals surface area contributed by atoms with Crippen molar-refractivity contribution in [2.75, 3.05) is 20.1 Å². The maximum absolute atomic E-state index is 10.1. The van der Waals surface area contributed by atoms with Crippen molar-refractivity contribution in [3.05, 3.63) is 4.91 Å². The van der Waals surface area contributed by atoms with Gasteiger partial charge in [0.2, 0.25) is 0 Å². The van der Waals surface area contributed by atoms with Gasteiger partial charge in [0.05, 0.1) is 45.0 Å². The lowest BCUT2D eigenvalue weighted by Gasteiger charge is -2.32. The molecule has 0 radical (unpaired) electrons. The van der Waals surface area contributed by atoms with Crippen LogP contribution in [0.4, 0.5) is 0 Å². The van der Waals surface area contributed by atoms with Crippen molar-refractivity contribution in [1.82, 2.24) is 0 Å². The van der Waals surface area contributed by atoms with Gasteiger partial charge in [-0.25, -0.2) is 0 Å². The number of carbonyl (C=O) groups is 1. The van der Waals surface area contributed by atoms with Crippen LogP contribution in [-0.2, 0) is 4.79 Å². The van der Waals surface area contributed by atoms with Crippen LogP contribution >= 0.6 is 12.8 Å². The standard InChI is InChI=1S/C6H13N2OS.C3H6O3/c1-8(10)4-2-6(7-9)3-5-8;1-2(4)3(5)6/h6,10H,2-5H2,1H3;2,4H,1H3,(H,5,6)/q+1;/p-1. The third kappa shape index (κ3) is 6.76. The average molecular weight is 250 g/mol. The lowest BCUT2D eigenvalue weighted by Crippen LogP contribution is -2.42. The number of quaternary nitrogens is 1. The zero-order valence-electron chi connectivity index (χ0n) is 9.50. The summed E-state index contributed by atoms with van der Waals surface area (Å²) in [7, 11) is 2.06. The molecule has 1 rings (SSSR count). The highest BCUT2D eigenvalue weighted by molar-refractivity contribution is 7.74. The minimum absolute atomic E-state index is 0.0540. The largest absolute Gasteiger partial charge is 0.547 e.